The summed E-state index contributed by atoms with van der Waals surface area (Å²) in [5, 5.41) is 12.7. The molecule has 120 valence electrons. The quantitative estimate of drug-likeness (QED) is 0.805. The number of aliphatic carboxylic acids is 1. The van der Waals surface area contributed by atoms with Gasteiger partial charge < -0.3 is 20.1 Å². The number of carboxylic acids is 1. The van der Waals surface area contributed by atoms with Crippen molar-refractivity contribution in [3.05, 3.63) is 0 Å². The standard InChI is InChI=1S/C15H26N2O4/c1-21-11-15(6-8-16-9-7-15)14(20)17-10-4-2-3-5-12(17)13(18)19/h12,16H,2-11H2,1H3,(H,18,19). The van der Waals surface area contributed by atoms with E-state index < -0.39 is 17.4 Å². The third kappa shape index (κ3) is 3.55. The molecule has 0 aromatic carbocycles. The molecule has 0 aromatic heterocycles. The molecule has 2 aliphatic rings. The first-order valence-corrected chi connectivity index (χ1v) is 7.84. The van der Waals surface area contributed by atoms with Gasteiger partial charge in [-0.15, -0.1) is 0 Å². The number of amides is 1. The van der Waals surface area contributed by atoms with Crippen LogP contribution in [0.4, 0.5) is 0 Å². The number of rotatable bonds is 4. The van der Waals surface area contributed by atoms with Gasteiger partial charge in [-0.3, -0.25) is 4.79 Å². The second kappa shape index (κ2) is 7.22. The number of nitrogens with zero attached hydrogens (tertiary/aromatic N) is 1. The average molecular weight is 298 g/mol. The number of hydrogen-bond acceptors (Lipinski definition) is 4. The first kappa shape index (κ1) is 16.2. The Balaban J connectivity index is 2.22. The highest BCUT2D eigenvalue weighted by atomic mass is 16.5. The smallest absolute Gasteiger partial charge is 0.326 e. The van der Waals surface area contributed by atoms with Crippen LogP contribution in [0.5, 0.6) is 0 Å². The van der Waals surface area contributed by atoms with Gasteiger partial charge in [0.1, 0.15) is 6.04 Å². The predicted molar refractivity (Wildman–Crippen MR) is 78.0 cm³/mol. The zero-order valence-electron chi connectivity index (χ0n) is 12.8. The van der Waals surface area contributed by atoms with E-state index in [1.807, 2.05) is 0 Å². The monoisotopic (exact) mass is 298 g/mol. The molecular weight excluding hydrogens is 272 g/mol. The first-order chi connectivity index (χ1) is 10.1. The van der Waals surface area contributed by atoms with E-state index >= 15 is 0 Å². The van der Waals surface area contributed by atoms with Gasteiger partial charge in [-0.25, -0.2) is 4.79 Å². The maximum atomic E-state index is 13.1. The minimum absolute atomic E-state index is 0.0276. The van der Waals surface area contributed by atoms with Crippen LogP contribution in [0.2, 0.25) is 0 Å². The SMILES string of the molecule is COCC1(C(=O)N2CCCCCC2C(=O)O)CCNCC1. The lowest BCUT2D eigenvalue weighted by Crippen LogP contribution is -2.55. The molecule has 1 unspecified atom stereocenters. The van der Waals surface area contributed by atoms with Gasteiger partial charge in [0.25, 0.3) is 0 Å². The highest BCUT2D eigenvalue weighted by molar-refractivity contribution is 5.88. The van der Waals surface area contributed by atoms with E-state index in [9.17, 15) is 14.7 Å². The lowest BCUT2D eigenvalue weighted by molar-refractivity contribution is -0.158. The molecule has 0 aliphatic carbocycles. The fraction of sp³-hybridized carbons (Fsp3) is 0.867. The van der Waals surface area contributed by atoms with Gasteiger partial charge in [-0.1, -0.05) is 12.8 Å². The summed E-state index contributed by atoms with van der Waals surface area (Å²) in [7, 11) is 1.61. The summed E-state index contributed by atoms with van der Waals surface area (Å²) in [6.07, 6.45) is 4.73. The number of hydrogen-bond donors (Lipinski definition) is 2. The topological polar surface area (TPSA) is 78.9 Å². The zero-order chi connectivity index (χ0) is 15.3. The lowest BCUT2D eigenvalue weighted by atomic mass is 9.78. The third-order valence-corrected chi connectivity index (χ3v) is 4.73. The number of ether oxygens (including phenoxy) is 1. The molecule has 21 heavy (non-hydrogen) atoms. The number of carbonyl (C=O) groups is 2. The molecule has 2 N–H and O–H groups in total. The molecule has 0 spiro atoms. The summed E-state index contributed by atoms with van der Waals surface area (Å²) in [6.45, 7) is 2.48. The van der Waals surface area contributed by atoms with Crippen molar-refractivity contribution in [1.29, 1.82) is 0 Å². The van der Waals surface area contributed by atoms with Crippen molar-refractivity contribution in [2.24, 2.45) is 5.41 Å². The average Bonchev–Trinajstić information content (AvgIpc) is 2.73. The van der Waals surface area contributed by atoms with Crippen molar-refractivity contribution in [3.8, 4) is 0 Å². The maximum absolute atomic E-state index is 13.1. The Morgan fingerprint density at radius 3 is 2.62 bits per heavy atom. The summed E-state index contributed by atoms with van der Waals surface area (Å²) in [6, 6.07) is -0.677. The van der Waals surface area contributed by atoms with E-state index in [4.69, 9.17) is 4.74 Å². The Labute approximate surface area is 125 Å². The number of nitrogens with one attached hydrogen (secondary N) is 1. The van der Waals surface area contributed by atoms with Gasteiger partial charge in [0, 0.05) is 13.7 Å². The van der Waals surface area contributed by atoms with Crippen LogP contribution in [0, 0.1) is 5.41 Å². The molecule has 2 heterocycles. The molecule has 0 bridgehead atoms. The molecule has 2 aliphatic heterocycles. The zero-order valence-corrected chi connectivity index (χ0v) is 12.8. The molecule has 2 saturated heterocycles. The van der Waals surface area contributed by atoms with E-state index in [1.165, 1.54) is 0 Å². The number of carboxylic acid groups (broad SMARTS) is 1. The summed E-state index contributed by atoms with van der Waals surface area (Å²) in [5.74, 6) is -0.910. The summed E-state index contributed by atoms with van der Waals surface area (Å²) < 4.78 is 5.30. The van der Waals surface area contributed by atoms with Crippen LogP contribution in [0.1, 0.15) is 38.5 Å². The van der Waals surface area contributed by atoms with E-state index in [0.717, 1.165) is 32.4 Å². The first-order valence-electron chi connectivity index (χ1n) is 7.84. The molecule has 1 atom stereocenters. The second-order valence-corrected chi connectivity index (χ2v) is 6.17. The summed E-state index contributed by atoms with van der Waals surface area (Å²) in [4.78, 5) is 26.2. The highest BCUT2D eigenvalue weighted by Crippen LogP contribution is 2.33. The van der Waals surface area contributed by atoms with Crippen LogP contribution in [0.25, 0.3) is 0 Å². The number of likely N-dealkylation sites (tertiary alicyclic amines) is 1. The predicted octanol–water partition coefficient (Wildman–Crippen LogP) is 0.858. The summed E-state index contributed by atoms with van der Waals surface area (Å²) >= 11 is 0. The van der Waals surface area contributed by atoms with Crippen molar-refractivity contribution in [2.45, 2.75) is 44.6 Å². The molecule has 6 heteroatoms. The summed E-state index contributed by atoms with van der Waals surface area (Å²) in [5.41, 5.74) is -0.557. The minimum atomic E-state index is -0.883. The largest absolute Gasteiger partial charge is 0.480 e. The Morgan fingerprint density at radius 1 is 1.29 bits per heavy atom. The molecular formula is C15H26N2O4. The number of carbonyl (C=O) groups excluding carboxylic acids is 1. The van der Waals surface area contributed by atoms with Gasteiger partial charge in [-0.2, -0.15) is 0 Å². The van der Waals surface area contributed by atoms with Crippen molar-refractivity contribution in [1.82, 2.24) is 10.2 Å². The molecule has 0 aromatic rings. The van der Waals surface area contributed by atoms with Gasteiger partial charge >= 0.3 is 5.97 Å². The van der Waals surface area contributed by atoms with E-state index in [2.05, 4.69) is 5.32 Å². The van der Waals surface area contributed by atoms with Gasteiger partial charge in [0.05, 0.1) is 12.0 Å². The van der Waals surface area contributed by atoms with E-state index in [0.29, 0.717) is 32.4 Å². The van der Waals surface area contributed by atoms with Crippen LogP contribution in [0.15, 0.2) is 0 Å². The molecule has 6 nitrogen and oxygen atoms in total. The molecule has 0 radical (unpaired) electrons. The van der Waals surface area contributed by atoms with Crippen LogP contribution in [-0.4, -0.2) is 61.3 Å². The Kier molecular flexibility index (Phi) is 5.58. The van der Waals surface area contributed by atoms with Crippen molar-refractivity contribution >= 4 is 11.9 Å². The normalized spacial score (nSPS) is 26.1. The fourth-order valence-corrected chi connectivity index (χ4v) is 3.51. The molecule has 2 fully saturated rings. The molecule has 2 rings (SSSR count). The molecule has 1 amide bonds. The van der Waals surface area contributed by atoms with E-state index in [1.54, 1.807) is 12.0 Å². The molecule has 0 saturated carbocycles. The van der Waals surface area contributed by atoms with Crippen LogP contribution < -0.4 is 5.32 Å². The van der Waals surface area contributed by atoms with Crippen molar-refractivity contribution in [3.63, 3.8) is 0 Å². The lowest BCUT2D eigenvalue weighted by Gasteiger charge is -2.41. The van der Waals surface area contributed by atoms with Gasteiger partial charge in [0.2, 0.25) is 5.91 Å². The number of piperidine rings is 1. The van der Waals surface area contributed by atoms with Crippen LogP contribution in [-0.2, 0) is 14.3 Å². The number of methoxy groups -OCH3 is 1. The second-order valence-electron chi connectivity index (χ2n) is 6.17. The third-order valence-electron chi connectivity index (χ3n) is 4.73. The van der Waals surface area contributed by atoms with Crippen molar-refractivity contribution < 1.29 is 19.4 Å². The van der Waals surface area contributed by atoms with Gasteiger partial charge in [-0.05, 0) is 38.8 Å². The Morgan fingerprint density at radius 2 is 2.00 bits per heavy atom. The Hall–Kier alpha value is -1.14. The van der Waals surface area contributed by atoms with Crippen LogP contribution in [0.3, 0.4) is 0 Å². The van der Waals surface area contributed by atoms with Crippen LogP contribution >= 0.6 is 0 Å². The highest BCUT2D eigenvalue weighted by Gasteiger charge is 2.45. The maximum Gasteiger partial charge on any atom is 0.326 e. The van der Waals surface area contributed by atoms with Gasteiger partial charge in [0.15, 0.2) is 0 Å². The minimum Gasteiger partial charge on any atom is -0.480 e. The fourth-order valence-electron chi connectivity index (χ4n) is 3.51. The Bertz CT molecular complexity index is 374. The van der Waals surface area contributed by atoms with E-state index in [-0.39, 0.29) is 5.91 Å². The van der Waals surface area contributed by atoms with Crippen molar-refractivity contribution in [2.75, 3.05) is 33.4 Å².